The second kappa shape index (κ2) is 40.7. The second-order valence-electron chi connectivity index (χ2n) is 26.7. The van der Waals surface area contributed by atoms with Crippen LogP contribution in [-0.4, -0.2) is 193 Å². The van der Waals surface area contributed by atoms with Gasteiger partial charge in [-0.3, -0.25) is 33.7 Å². The lowest BCUT2D eigenvalue weighted by Crippen LogP contribution is -2.62. The standard InChI is InChI=1S/C81H93N3O24/c1-81(2,3)108-66(87)52-101-75-71(97-45-57-35-21-11-22-36-57)68(94-42-54-29-15-8-16-30-54)62(106-80(75)92-6)48-103-82-64(85)50-99-73-70(96-44-56-33-19-10-20-34-56)67(93-41-53-27-13-7-14-28-53)61(105-78(73)90-4)47-102-83-65(86)51-100-74-72(98-46-58-37-23-12-24-38-58)69(95-43-55-31-17-9-18-32-55)63(107-79(74)91-5)49-104-84-76(88)59-39-25-26-40-60(59)77(84)89/h7-40,61-63,67-75,78-80H,41-52H2,1-6H3,(H,82,85)(H,83,86)/t61-,62-,63-,67-,68-,69-,70+,71+,72+,73-,74-,75-,78+,79+,80+/m1/s1. The highest BCUT2D eigenvalue weighted by Gasteiger charge is 2.53. The average molecular weight is 1490 g/mol. The van der Waals surface area contributed by atoms with Crippen molar-refractivity contribution in [2.45, 2.75) is 158 Å². The van der Waals surface area contributed by atoms with Gasteiger partial charge in [0, 0.05) is 21.3 Å². The summed E-state index contributed by atoms with van der Waals surface area (Å²) in [5, 5.41) is 0.697. The number of esters is 1. The molecule has 108 heavy (non-hydrogen) atoms. The molecule has 4 aliphatic heterocycles. The summed E-state index contributed by atoms with van der Waals surface area (Å²) in [4.78, 5) is 86.3. The van der Waals surface area contributed by atoms with E-state index in [0.717, 1.165) is 33.4 Å². The first-order valence-corrected chi connectivity index (χ1v) is 35.6. The fourth-order valence-electron chi connectivity index (χ4n) is 12.7. The van der Waals surface area contributed by atoms with Gasteiger partial charge in [0.1, 0.15) is 118 Å². The number of ether oxygens (including phenoxy) is 16. The molecule has 3 fully saturated rings. The fraction of sp³-hybridized carbons (Fsp3) is 0.420. The van der Waals surface area contributed by atoms with Crippen LogP contribution in [0.3, 0.4) is 0 Å². The Kier molecular flexibility index (Phi) is 30.3. The lowest BCUT2D eigenvalue weighted by atomic mass is 9.98. The molecule has 0 unspecified atom stereocenters. The predicted molar refractivity (Wildman–Crippen MR) is 383 cm³/mol. The number of imide groups is 1. The highest BCUT2D eigenvalue weighted by atomic mass is 16.8. The fourth-order valence-corrected chi connectivity index (χ4v) is 12.7. The molecular weight excluding hydrogens is 1400 g/mol. The molecule has 15 atom stereocenters. The number of carbonyl (C=O) groups excluding carboxylic acids is 5. The summed E-state index contributed by atoms with van der Waals surface area (Å²) in [6.07, 6.45) is -16.1. The Morgan fingerprint density at radius 3 is 0.907 bits per heavy atom. The number of hydrogen-bond acceptors (Lipinski definition) is 24. The van der Waals surface area contributed by atoms with E-state index < -0.39 is 147 Å². The van der Waals surface area contributed by atoms with Crippen molar-refractivity contribution in [2.24, 2.45) is 0 Å². The normalized spacial score (nSPS) is 24.9. The molecule has 4 heterocycles. The first-order valence-electron chi connectivity index (χ1n) is 35.6. The van der Waals surface area contributed by atoms with Gasteiger partial charge in [0.15, 0.2) is 18.9 Å². The molecule has 7 aromatic carbocycles. The van der Waals surface area contributed by atoms with Crippen molar-refractivity contribution >= 4 is 29.6 Å². The van der Waals surface area contributed by atoms with Crippen LogP contribution in [0.25, 0.3) is 0 Å². The smallest absolute Gasteiger partial charge is 0.332 e. The van der Waals surface area contributed by atoms with Crippen molar-refractivity contribution < 1.29 is 114 Å². The summed E-state index contributed by atoms with van der Waals surface area (Å²) in [5.41, 5.74) is 9.49. The quantitative estimate of drug-likeness (QED) is 0.0207. The third-order valence-electron chi connectivity index (χ3n) is 17.8. The number of nitrogens with zero attached hydrogens (tertiary/aromatic N) is 1. The van der Waals surface area contributed by atoms with Gasteiger partial charge in [0.2, 0.25) is 0 Å². The zero-order valence-electron chi connectivity index (χ0n) is 61.0. The molecule has 576 valence electrons. The number of methoxy groups -OCH3 is 3. The largest absolute Gasteiger partial charge is 0.458 e. The summed E-state index contributed by atoms with van der Waals surface area (Å²) >= 11 is 0. The number of rotatable bonds is 39. The maximum Gasteiger partial charge on any atom is 0.332 e. The Morgan fingerprint density at radius 1 is 0.352 bits per heavy atom. The zero-order chi connectivity index (χ0) is 75.6. The Morgan fingerprint density at radius 2 is 0.620 bits per heavy atom. The van der Waals surface area contributed by atoms with Crippen LogP contribution in [0, 0.1) is 0 Å². The molecule has 7 aromatic rings. The predicted octanol–water partition coefficient (Wildman–Crippen LogP) is 8.43. The third-order valence-corrected chi connectivity index (χ3v) is 17.8. The molecule has 3 saturated heterocycles. The highest BCUT2D eigenvalue weighted by molar-refractivity contribution is 6.20. The molecule has 4 aliphatic rings. The van der Waals surface area contributed by atoms with E-state index in [4.69, 9.17) is 90.3 Å². The van der Waals surface area contributed by atoms with E-state index in [0.29, 0.717) is 5.06 Å². The molecule has 0 bridgehead atoms. The van der Waals surface area contributed by atoms with Crippen LogP contribution in [-0.2, 0) is 144 Å². The summed E-state index contributed by atoms with van der Waals surface area (Å²) in [7, 11) is 4.22. The van der Waals surface area contributed by atoms with Gasteiger partial charge in [-0.25, -0.2) is 15.8 Å². The molecule has 0 aromatic heterocycles. The molecule has 4 amide bonds. The van der Waals surface area contributed by atoms with Gasteiger partial charge in [0.05, 0.1) is 50.8 Å². The summed E-state index contributed by atoms with van der Waals surface area (Å²) in [6.45, 7) is 2.98. The van der Waals surface area contributed by atoms with E-state index in [1.807, 2.05) is 182 Å². The van der Waals surface area contributed by atoms with Crippen LogP contribution in [0.2, 0.25) is 0 Å². The highest BCUT2D eigenvalue weighted by Crippen LogP contribution is 2.35. The van der Waals surface area contributed by atoms with Gasteiger partial charge < -0.3 is 75.8 Å². The molecule has 27 nitrogen and oxygen atoms in total. The number of hydrogen-bond donors (Lipinski definition) is 2. The van der Waals surface area contributed by atoms with Crippen LogP contribution in [0.5, 0.6) is 0 Å². The van der Waals surface area contributed by atoms with E-state index in [1.54, 1.807) is 45.0 Å². The van der Waals surface area contributed by atoms with Crippen molar-refractivity contribution in [3.63, 3.8) is 0 Å². The van der Waals surface area contributed by atoms with E-state index in [1.165, 1.54) is 21.3 Å². The SMILES string of the molecule is CO[C@H]1O[C@H](CONC(=O)CO[C@H]2[C@@H](OC)O[C@H](CON3C(=O)c4ccccc4C3=O)[C@@H](OCc3ccccc3)[C@@H]2OCc2ccccc2)[C@@H](OCc2ccccc2)[C@H](OCc2ccccc2)[C@H]1OCC(=O)NOC[C@H]1O[C@H](OC)[C@H](OCC(=O)OC(C)(C)C)[C@@H](OCc2ccccc2)[C@@H]1OCc1ccccc1. The molecule has 0 radical (unpaired) electrons. The molecule has 2 N–H and O–H groups in total. The van der Waals surface area contributed by atoms with Crippen LogP contribution >= 0.6 is 0 Å². The minimum Gasteiger partial charge on any atom is -0.458 e. The van der Waals surface area contributed by atoms with Crippen molar-refractivity contribution in [1.29, 1.82) is 0 Å². The molecule has 0 aliphatic carbocycles. The minimum absolute atomic E-state index is 0.0478. The van der Waals surface area contributed by atoms with Crippen molar-refractivity contribution in [2.75, 3.05) is 61.0 Å². The number of carbonyl (C=O) groups is 5. The topological polar surface area (TPSA) is 288 Å². The van der Waals surface area contributed by atoms with E-state index in [-0.39, 0.29) is 70.6 Å². The van der Waals surface area contributed by atoms with Crippen molar-refractivity contribution in [3.8, 4) is 0 Å². The minimum atomic E-state index is -1.24. The number of nitrogens with one attached hydrogen (secondary N) is 2. The van der Waals surface area contributed by atoms with Gasteiger partial charge in [-0.1, -0.05) is 194 Å². The first-order chi connectivity index (χ1) is 52.6. The molecular formula is C81H93N3O24. The first kappa shape index (κ1) is 80.4. The number of benzene rings is 7. The Bertz CT molecular complexity index is 3860. The van der Waals surface area contributed by atoms with Crippen LogP contribution < -0.4 is 11.0 Å². The van der Waals surface area contributed by atoms with Gasteiger partial charge in [-0.05, 0) is 66.3 Å². The Balaban J connectivity index is 0.776. The van der Waals surface area contributed by atoms with Gasteiger partial charge in [-0.15, -0.1) is 5.06 Å². The monoisotopic (exact) mass is 1490 g/mol. The zero-order valence-corrected chi connectivity index (χ0v) is 61.0. The number of amides is 4. The van der Waals surface area contributed by atoms with E-state index in [2.05, 4.69) is 11.0 Å². The van der Waals surface area contributed by atoms with Crippen LogP contribution in [0.4, 0.5) is 0 Å². The van der Waals surface area contributed by atoms with Crippen molar-refractivity contribution in [1.82, 2.24) is 16.0 Å². The summed E-state index contributed by atoms with van der Waals surface area (Å²) in [5.74, 6) is -3.37. The van der Waals surface area contributed by atoms with E-state index in [9.17, 15) is 24.0 Å². The van der Waals surface area contributed by atoms with Crippen LogP contribution in [0.15, 0.2) is 206 Å². The van der Waals surface area contributed by atoms with Crippen molar-refractivity contribution in [3.05, 3.63) is 251 Å². The van der Waals surface area contributed by atoms with Gasteiger partial charge >= 0.3 is 5.97 Å². The average Bonchev–Trinajstić information content (AvgIpc) is 1.51. The number of hydroxylamine groups is 4. The van der Waals surface area contributed by atoms with Gasteiger partial charge in [0.25, 0.3) is 23.6 Å². The lowest BCUT2D eigenvalue weighted by Gasteiger charge is -2.45. The summed E-state index contributed by atoms with van der Waals surface area (Å²) < 4.78 is 102. The second-order valence-corrected chi connectivity index (χ2v) is 26.7. The maximum absolute atomic E-state index is 14.1. The molecule has 0 spiro atoms. The van der Waals surface area contributed by atoms with E-state index >= 15 is 0 Å². The molecule has 0 saturated carbocycles. The van der Waals surface area contributed by atoms with Gasteiger partial charge in [-0.2, -0.15) is 0 Å². The Hall–Kier alpha value is -8.63. The molecule has 27 heteroatoms. The molecule has 11 rings (SSSR count). The third kappa shape index (κ3) is 22.8. The summed E-state index contributed by atoms with van der Waals surface area (Å²) in [6, 6.07) is 62.9. The van der Waals surface area contributed by atoms with Crippen LogP contribution in [0.1, 0.15) is 74.9 Å². The number of fused-ring (bicyclic) bond motifs is 1. The lowest BCUT2D eigenvalue weighted by molar-refractivity contribution is -0.325. The Labute approximate surface area is 627 Å². The maximum atomic E-state index is 14.1.